The highest BCUT2D eigenvalue weighted by Gasteiger charge is 2.14. The largest absolute Gasteiger partial charge is 0.465 e. The molecule has 2 rings (SSSR count). The van der Waals surface area contributed by atoms with Gasteiger partial charge in [0, 0.05) is 24.9 Å². The van der Waals surface area contributed by atoms with Gasteiger partial charge in [-0.05, 0) is 24.3 Å². The van der Waals surface area contributed by atoms with Gasteiger partial charge in [0.05, 0.1) is 0 Å². The first-order chi connectivity index (χ1) is 10.1. The highest BCUT2D eigenvalue weighted by atomic mass is 19.3. The summed E-state index contributed by atoms with van der Waals surface area (Å²) in [4.78, 5) is 4.04. The first-order valence-corrected chi connectivity index (χ1v) is 5.93. The molecule has 1 aromatic carbocycles. The van der Waals surface area contributed by atoms with Crippen LogP contribution in [0.1, 0.15) is 0 Å². The molecular weight excluding hydrogens is 287 g/mol. The molecule has 0 radical (unpaired) electrons. The molecule has 0 saturated heterocycles. The Morgan fingerprint density at radius 3 is 2.71 bits per heavy atom. The van der Waals surface area contributed by atoms with Crippen LogP contribution in [0.2, 0.25) is 0 Å². The van der Waals surface area contributed by atoms with E-state index in [4.69, 9.17) is 9.47 Å². The third-order valence-electron chi connectivity index (χ3n) is 2.52. The molecule has 0 amide bonds. The minimum atomic E-state index is -3.01. The Hall–Kier alpha value is -2.28. The normalized spacial score (nSPS) is 10.7. The summed E-state index contributed by atoms with van der Waals surface area (Å²) < 4.78 is 52.4. The van der Waals surface area contributed by atoms with Gasteiger partial charge in [-0.3, -0.25) is 4.98 Å². The third-order valence-corrected chi connectivity index (χ3v) is 2.52. The summed E-state index contributed by atoms with van der Waals surface area (Å²) in [5.74, 6) is -0.684. The fraction of sp³-hybridized carbons (Fsp3) is 0.214. The van der Waals surface area contributed by atoms with E-state index < -0.39 is 12.4 Å². The van der Waals surface area contributed by atoms with Gasteiger partial charge in [0.25, 0.3) is 0 Å². The lowest BCUT2D eigenvalue weighted by Crippen LogP contribution is -2.03. The number of aromatic nitrogens is 1. The average Bonchev–Trinajstić information content (AvgIpc) is 2.45. The molecule has 7 heteroatoms. The topological polar surface area (TPSA) is 40.6 Å². The molecule has 0 saturated carbocycles. The van der Waals surface area contributed by atoms with E-state index in [1.165, 1.54) is 25.4 Å². The highest BCUT2D eigenvalue weighted by molar-refractivity contribution is 5.67. The molecule has 21 heavy (non-hydrogen) atoms. The summed E-state index contributed by atoms with van der Waals surface area (Å²) >= 11 is 0. The molecular formula is C14H12F3NO3. The predicted octanol–water partition coefficient (Wildman–Crippen LogP) is 3.47. The van der Waals surface area contributed by atoms with E-state index in [-0.39, 0.29) is 23.8 Å². The van der Waals surface area contributed by atoms with Crippen molar-refractivity contribution < 1.29 is 27.4 Å². The SMILES string of the molecule is COCOc1cccnc1-c1ccc(OC(F)F)cc1F. The van der Waals surface area contributed by atoms with Crippen molar-refractivity contribution in [2.24, 2.45) is 0 Å². The maximum Gasteiger partial charge on any atom is 0.387 e. The number of methoxy groups -OCH3 is 1. The molecule has 2 aromatic rings. The smallest absolute Gasteiger partial charge is 0.387 e. The van der Waals surface area contributed by atoms with Gasteiger partial charge in [0.2, 0.25) is 0 Å². The lowest BCUT2D eigenvalue weighted by molar-refractivity contribution is -0.0499. The van der Waals surface area contributed by atoms with E-state index in [9.17, 15) is 13.2 Å². The predicted molar refractivity (Wildman–Crippen MR) is 68.8 cm³/mol. The van der Waals surface area contributed by atoms with Gasteiger partial charge in [-0.1, -0.05) is 0 Å². The van der Waals surface area contributed by atoms with E-state index in [1.54, 1.807) is 12.1 Å². The standard InChI is InChI=1S/C14H12F3NO3/c1-19-8-20-12-3-2-6-18-13(12)10-5-4-9(7-11(10)15)21-14(16)17/h2-7,14H,8H2,1H3. The fourth-order valence-corrected chi connectivity index (χ4v) is 1.70. The second-order valence-corrected chi connectivity index (χ2v) is 3.92. The van der Waals surface area contributed by atoms with Crippen LogP contribution in [0.3, 0.4) is 0 Å². The van der Waals surface area contributed by atoms with Crippen LogP contribution in [-0.2, 0) is 4.74 Å². The van der Waals surface area contributed by atoms with Crippen LogP contribution in [0.15, 0.2) is 36.5 Å². The van der Waals surface area contributed by atoms with Crippen LogP contribution in [-0.4, -0.2) is 25.5 Å². The molecule has 0 atom stereocenters. The van der Waals surface area contributed by atoms with Gasteiger partial charge >= 0.3 is 6.61 Å². The number of alkyl halides is 2. The first-order valence-electron chi connectivity index (χ1n) is 5.93. The minimum Gasteiger partial charge on any atom is -0.465 e. The van der Waals surface area contributed by atoms with E-state index >= 15 is 0 Å². The number of halogens is 3. The number of ether oxygens (including phenoxy) is 3. The monoisotopic (exact) mass is 299 g/mol. The van der Waals surface area contributed by atoms with E-state index in [2.05, 4.69) is 9.72 Å². The Kier molecular flexibility index (Phi) is 4.99. The molecule has 112 valence electrons. The number of nitrogens with zero attached hydrogens (tertiary/aromatic N) is 1. The van der Waals surface area contributed by atoms with E-state index in [0.717, 1.165) is 6.07 Å². The number of benzene rings is 1. The van der Waals surface area contributed by atoms with E-state index in [1.807, 2.05) is 0 Å². The lowest BCUT2D eigenvalue weighted by atomic mass is 10.1. The van der Waals surface area contributed by atoms with Crippen molar-refractivity contribution in [2.75, 3.05) is 13.9 Å². The minimum absolute atomic E-state index is 0.0209. The molecule has 0 fully saturated rings. The molecule has 1 heterocycles. The Bertz CT molecular complexity index is 608. The van der Waals surface area contributed by atoms with Crippen LogP contribution >= 0.6 is 0 Å². The van der Waals surface area contributed by atoms with Crippen molar-refractivity contribution in [1.29, 1.82) is 0 Å². The van der Waals surface area contributed by atoms with Crippen molar-refractivity contribution >= 4 is 0 Å². The Balaban J connectivity index is 2.33. The molecule has 0 spiro atoms. The fourth-order valence-electron chi connectivity index (χ4n) is 1.70. The van der Waals surface area contributed by atoms with Crippen molar-refractivity contribution in [3.63, 3.8) is 0 Å². The van der Waals surface area contributed by atoms with Crippen LogP contribution in [0.4, 0.5) is 13.2 Å². The molecule has 0 bridgehead atoms. The molecule has 0 unspecified atom stereocenters. The number of hydrogen-bond donors (Lipinski definition) is 0. The second-order valence-electron chi connectivity index (χ2n) is 3.92. The average molecular weight is 299 g/mol. The zero-order valence-corrected chi connectivity index (χ0v) is 11.1. The first kappa shape index (κ1) is 15.1. The zero-order valence-electron chi connectivity index (χ0n) is 11.1. The lowest BCUT2D eigenvalue weighted by Gasteiger charge is -2.11. The van der Waals surface area contributed by atoms with Crippen LogP contribution in [0, 0.1) is 5.82 Å². The summed E-state index contributed by atoms with van der Waals surface area (Å²) in [6, 6.07) is 6.63. The maximum absolute atomic E-state index is 14.0. The van der Waals surface area contributed by atoms with Gasteiger partial charge in [-0.15, -0.1) is 0 Å². The summed E-state index contributed by atoms with van der Waals surface area (Å²) in [5.41, 5.74) is 0.360. The van der Waals surface area contributed by atoms with Gasteiger partial charge < -0.3 is 14.2 Å². The van der Waals surface area contributed by atoms with Crippen LogP contribution in [0.25, 0.3) is 11.3 Å². The Morgan fingerprint density at radius 2 is 2.05 bits per heavy atom. The van der Waals surface area contributed by atoms with Gasteiger partial charge in [-0.2, -0.15) is 8.78 Å². The highest BCUT2D eigenvalue weighted by Crippen LogP contribution is 2.31. The maximum atomic E-state index is 14.0. The number of pyridine rings is 1. The summed E-state index contributed by atoms with van der Waals surface area (Å²) in [7, 11) is 1.45. The zero-order chi connectivity index (χ0) is 15.2. The Morgan fingerprint density at radius 1 is 1.24 bits per heavy atom. The van der Waals surface area contributed by atoms with Crippen molar-refractivity contribution in [3.05, 3.63) is 42.3 Å². The van der Waals surface area contributed by atoms with Crippen molar-refractivity contribution in [2.45, 2.75) is 6.61 Å². The van der Waals surface area contributed by atoms with Gasteiger partial charge in [-0.25, -0.2) is 4.39 Å². The Labute approximate surface area is 119 Å². The number of hydrogen-bond acceptors (Lipinski definition) is 4. The molecule has 0 aliphatic rings. The second kappa shape index (κ2) is 6.94. The van der Waals surface area contributed by atoms with Crippen LogP contribution < -0.4 is 9.47 Å². The van der Waals surface area contributed by atoms with Gasteiger partial charge in [0.15, 0.2) is 6.79 Å². The summed E-state index contributed by atoms with van der Waals surface area (Å²) in [6.45, 7) is -3.03. The van der Waals surface area contributed by atoms with Crippen LogP contribution in [0.5, 0.6) is 11.5 Å². The molecule has 4 nitrogen and oxygen atoms in total. The molecule has 0 aliphatic carbocycles. The summed E-state index contributed by atoms with van der Waals surface area (Å²) in [6.07, 6.45) is 1.47. The van der Waals surface area contributed by atoms with E-state index in [0.29, 0.717) is 5.75 Å². The third kappa shape index (κ3) is 3.85. The quantitative estimate of drug-likeness (QED) is 0.766. The van der Waals surface area contributed by atoms with Crippen molar-refractivity contribution in [1.82, 2.24) is 4.98 Å². The molecule has 0 aliphatic heterocycles. The number of rotatable bonds is 6. The molecule has 0 N–H and O–H groups in total. The molecule has 1 aromatic heterocycles. The van der Waals surface area contributed by atoms with Crippen molar-refractivity contribution in [3.8, 4) is 22.8 Å². The summed E-state index contributed by atoms with van der Waals surface area (Å²) in [5, 5.41) is 0. The van der Waals surface area contributed by atoms with Gasteiger partial charge in [0.1, 0.15) is 23.0 Å².